The van der Waals surface area contributed by atoms with Crippen molar-refractivity contribution in [1.29, 1.82) is 0 Å². The first-order valence-electron chi connectivity index (χ1n) is 6.29. The average molecular weight is 257 g/mol. The van der Waals surface area contributed by atoms with Gasteiger partial charge in [-0.05, 0) is 31.2 Å². The zero-order valence-electron chi connectivity index (χ0n) is 10.4. The molecule has 98 valence electrons. The molecule has 1 aromatic heterocycles. The molecule has 1 saturated heterocycles. The standard InChI is InChI=1S/C13H15N5O/c19-13(17-11-4-5-14-7-11)10-2-1-3-12(6-10)18-9-15-8-16-18/h1-3,6,8-9,11,14H,4-5,7H2,(H,17,19). The molecule has 2 heterocycles. The first-order chi connectivity index (χ1) is 9.33. The van der Waals surface area contributed by atoms with Crippen LogP contribution in [0.4, 0.5) is 0 Å². The minimum atomic E-state index is -0.0457. The zero-order valence-corrected chi connectivity index (χ0v) is 10.4. The van der Waals surface area contributed by atoms with E-state index in [1.807, 2.05) is 18.2 Å². The van der Waals surface area contributed by atoms with E-state index in [2.05, 4.69) is 20.7 Å². The van der Waals surface area contributed by atoms with Crippen LogP contribution in [-0.2, 0) is 0 Å². The summed E-state index contributed by atoms with van der Waals surface area (Å²) < 4.78 is 1.63. The maximum Gasteiger partial charge on any atom is 0.251 e. The second-order valence-corrected chi connectivity index (χ2v) is 4.55. The Balaban J connectivity index is 1.77. The molecule has 0 spiro atoms. The van der Waals surface area contributed by atoms with E-state index in [4.69, 9.17) is 0 Å². The first kappa shape index (κ1) is 11.9. The van der Waals surface area contributed by atoms with E-state index in [0.29, 0.717) is 5.56 Å². The molecule has 2 aromatic rings. The lowest BCUT2D eigenvalue weighted by Crippen LogP contribution is -2.36. The van der Waals surface area contributed by atoms with Crippen LogP contribution < -0.4 is 10.6 Å². The van der Waals surface area contributed by atoms with Gasteiger partial charge in [-0.25, -0.2) is 9.67 Å². The molecule has 1 aliphatic rings. The van der Waals surface area contributed by atoms with Gasteiger partial charge in [0.15, 0.2) is 0 Å². The number of nitrogens with one attached hydrogen (secondary N) is 2. The molecule has 1 atom stereocenters. The van der Waals surface area contributed by atoms with Crippen molar-refractivity contribution in [3.63, 3.8) is 0 Å². The van der Waals surface area contributed by atoms with E-state index < -0.39 is 0 Å². The minimum Gasteiger partial charge on any atom is -0.348 e. The molecular weight excluding hydrogens is 242 g/mol. The van der Waals surface area contributed by atoms with Gasteiger partial charge < -0.3 is 10.6 Å². The van der Waals surface area contributed by atoms with E-state index in [-0.39, 0.29) is 11.9 Å². The lowest BCUT2D eigenvalue weighted by molar-refractivity contribution is 0.0940. The van der Waals surface area contributed by atoms with Gasteiger partial charge in [-0.3, -0.25) is 4.79 Å². The molecule has 1 aromatic carbocycles. The molecule has 3 rings (SSSR count). The fraction of sp³-hybridized carbons (Fsp3) is 0.308. The molecule has 2 N–H and O–H groups in total. The van der Waals surface area contributed by atoms with Crippen molar-refractivity contribution in [2.75, 3.05) is 13.1 Å². The van der Waals surface area contributed by atoms with E-state index in [0.717, 1.165) is 25.2 Å². The molecular formula is C13H15N5O. The van der Waals surface area contributed by atoms with Crippen molar-refractivity contribution < 1.29 is 4.79 Å². The summed E-state index contributed by atoms with van der Waals surface area (Å²) in [6, 6.07) is 7.58. The third-order valence-corrected chi connectivity index (χ3v) is 3.19. The van der Waals surface area contributed by atoms with Crippen LogP contribution in [0.5, 0.6) is 0 Å². The van der Waals surface area contributed by atoms with Gasteiger partial charge in [0, 0.05) is 18.2 Å². The third-order valence-electron chi connectivity index (χ3n) is 3.19. The maximum atomic E-state index is 12.1. The summed E-state index contributed by atoms with van der Waals surface area (Å²) in [6.07, 6.45) is 4.06. The molecule has 0 saturated carbocycles. The second-order valence-electron chi connectivity index (χ2n) is 4.55. The molecule has 1 fully saturated rings. The van der Waals surface area contributed by atoms with Gasteiger partial charge in [0.1, 0.15) is 12.7 Å². The number of hydrogen-bond donors (Lipinski definition) is 2. The van der Waals surface area contributed by atoms with Gasteiger partial charge in [0.05, 0.1) is 5.69 Å². The molecule has 1 amide bonds. The highest BCUT2D eigenvalue weighted by atomic mass is 16.1. The van der Waals surface area contributed by atoms with Gasteiger partial charge in [0.2, 0.25) is 0 Å². The highest BCUT2D eigenvalue weighted by molar-refractivity contribution is 5.94. The summed E-state index contributed by atoms with van der Waals surface area (Å²) in [5.74, 6) is -0.0457. The summed E-state index contributed by atoms with van der Waals surface area (Å²) in [5, 5.41) is 10.3. The maximum absolute atomic E-state index is 12.1. The highest BCUT2D eigenvalue weighted by Crippen LogP contribution is 2.10. The predicted octanol–water partition coefficient (Wildman–Crippen LogP) is 0.359. The number of aromatic nitrogens is 3. The van der Waals surface area contributed by atoms with Crippen LogP contribution in [0, 0.1) is 0 Å². The van der Waals surface area contributed by atoms with Gasteiger partial charge in [-0.2, -0.15) is 5.10 Å². The summed E-state index contributed by atoms with van der Waals surface area (Å²) in [7, 11) is 0. The fourth-order valence-electron chi connectivity index (χ4n) is 2.18. The number of carbonyl (C=O) groups excluding carboxylic acids is 1. The molecule has 1 unspecified atom stereocenters. The van der Waals surface area contributed by atoms with Crippen LogP contribution in [-0.4, -0.2) is 39.8 Å². The number of amides is 1. The molecule has 1 aliphatic heterocycles. The summed E-state index contributed by atoms with van der Waals surface area (Å²) in [5.41, 5.74) is 1.47. The van der Waals surface area contributed by atoms with Gasteiger partial charge in [-0.15, -0.1) is 0 Å². The third kappa shape index (κ3) is 2.63. The fourth-order valence-corrected chi connectivity index (χ4v) is 2.18. The molecule has 0 bridgehead atoms. The zero-order chi connectivity index (χ0) is 13.1. The Labute approximate surface area is 110 Å². The Morgan fingerprint density at radius 1 is 1.47 bits per heavy atom. The van der Waals surface area contributed by atoms with Crippen LogP contribution in [0.3, 0.4) is 0 Å². The molecule has 19 heavy (non-hydrogen) atoms. The van der Waals surface area contributed by atoms with Gasteiger partial charge >= 0.3 is 0 Å². The van der Waals surface area contributed by atoms with E-state index in [1.165, 1.54) is 6.33 Å². The molecule has 0 radical (unpaired) electrons. The monoisotopic (exact) mass is 257 g/mol. The number of hydrogen-bond acceptors (Lipinski definition) is 4. The predicted molar refractivity (Wildman–Crippen MR) is 70.1 cm³/mol. The summed E-state index contributed by atoms with van der Waals surface area (Å²) in [6.45, 7) is 1.80. The van der Waals surface area contributed by atoms with Gasteiger partial charge in [-0.1, -0.05) is 6.07 Å². The SMILES string of the molecule is O=C(NC1CCNC1)c1cccc(-n2cncn2)c1. The van der Waals surface area contributed by atoms with E-state index in [1.54, 1.807) is 17.1 Å². The number of carbonyl (C=O) groups is 1. The Morgan fingerprint density at radius 2 is 2.42 bits per heavy atom. The van der Waals surface area contributed by atoms with Crippen molar-refractivity contribution in [1.82, 2.24) is 25.4 Å². The first-order valence-corrected chi connectivity index (χ1v) is 6.29. The average Bonchev–Trinajstić information content (AvgIpc) is 3.12. The van der Waals surface area contributed by atoms with Crippen LogP contribution in [0.25, 0.3) is 5.69 Å². The Kier molecular flexibility index (Phi) is 3.24. The number of benzene rings is 1. The molecule has 6 heteroatoms. The van der Waals surface area contributed by atoms with Crippen molar-refractivity contribution in [2.24, 2.45) is 0 Å². The topological polar surface area (TPSA) is 71.8 Å². The number of nitrogens with zero attached hydrogens (tertiary/aromatic N) is 3. The summed E-state index contributed by atoms with van der Waals surface area (Å²) >= 11 is 0. The summed E-state index contributed by atoms with van der Waals surface area (Å²) in [4.78, 5) is 16.0. The van der Waals surface area contributed by atoms with Crippen LogP contribution in [0.2, 0.25) is 0 Å². The lowest BCUT2D eigenvalue weighted by atomic mass is 10.1. The van der Waals surface area contributed by atoms with Crippen LogP contribution >= 0.6 is 0 Å². The van der Waals surface area contributed by atoms with Gasteiger partial charge in [0.25, 0.3) is 5.91 Å². The Bertz CT molecular complexity index is 560. The molecule has 6 nitrogen and oxygen atoms in total. The van der Waals surface area contributed by atoms with E-state index in [9.17, 15) is 4.79 Å². The normalized spacial score (nSPS) is 18.4. The van der Waals surface area contributed by atoms with Crippen molar-refractivity contribution in [3.8, 4) is 5.69 Å². The highest BCUT2D eigenvalue weighted by Gasteiger charge is 2.17. The molecule has 0 aliphatic carbocycles. The largest absolute Gasteiger partial charge is 0.348 e. The minimum absolute atomic E-state index is 0.0457. The van der Waals surface area contributed by atoms with Crippen LogP contribution in [0.15, 0.2) is 36.9 Å². The Hall–Kier alpha value is -2.21. The second kappa shape index (κ2) is 5.19. The number of rotatable bonds is 3. The van der Waals surface area contributed by atoms with Crippen molar-refractivity contribution in [3.05, 3.63) is 42.5 Å². The Morgan fingerprint density at radius 3 is 3.16 bits per heavy atom. The van der Waals surface area contributed by atoms with Crippen LogP contribution in [0.1, 0.15) is 16.8 Å². The van der Waals surface area contributed by atoms with Crippen molar-refractivity contribution >= 4 is 5.91 Å². The van der Waals surface area contributed by atoms with Crippen molar-refractivity contribution in [2.45, 2.75) is 12.5 Å². The quantitative estimate of drug-likeness (QED) is 0.832. The lowest BCUT2D eigenvalue weighted by Gasteiger charge is -2.11. The van der Waals surface area contributed by atoms with E-state index >= 15 is 0 Å². The smallest absolute Gasteiger partial charge is 0.251 e.